The summed E-state index contributed by atoms with van der Waals surface area (Å²) < 4.78 is 41.5. The normalized spacial score (nSPS) is 23.7. The fraction of sp³-hybridized carbons (Fsp3) is 0.577. The number of pyridine rings is 1. The average Bonchev–Trinajstić information content (AvgIpc) is 3.26. The lowest BCUT2D eigenvalue weighted by Crippen LogP contribution is -2.45. The SMILES string of the molecule is CCc1cccnc1.Cc1cc(C2CCCN(C3CCC(C(F)(F)F)CC3)C2)nc2c(Br)cnn12. The lowest BCUT2D eigenvalue weighted by Gasteiger charge is -2.41. The number of rotatable bonds is 3. The summed E-state index contributed by atoms with van der Waals surface area (Å²) in [4.78, 5) is 11.2. The van der Waals surface area contributed by atoms with Gasteiger partial charge in [-0.3, -0.25) is 9.88 Å². The van der Waals surface area contributed by atoms with Crippen LogP contribution >= 0.6 is 15.9 Å². The van der Waals surface area contributed by atoms with Gasteiger partial charge in [-0.15, -0.1) is 0 Å². The van der Waals surface area contributed by atoms with Gasteiger partial charge in [0.25, 0.3) is 0 Å². The van der Waals surface area contributed by atoms with E-state index < -0.39 is 12.1 Å². The van der Waals surface area contributed by atoms with Crippen LogP contribution in [0, 0.1) is 12.8 Å². The Hall–Kier alpha value is -2.00. The standard InChI is InChI=1S/C19H24BrF3N4.C7H9N/c1-12-9-17(25-18-16(20)10-24-27(12)18)13-3-2-8-26(11-13)15-6-4-14(5-7-15)19(21,22)23;1-2-7-4-3-5-8-6-7/h9-10,13-15H,2-8,11H2,1H3;3-6H,2H2,1H3. The maximum Gasteiger partial charge on any atom is 0.391 e. The van der Waals surface area contributed by atoms with Gasteiger partial charge in [-0.2, -0.15) is 18.3 Å². The zero-order chi connectivity index (χ0) is 25.0. The molecule has 0 spiro atoms. The zero-order valence-corrected chi connectivity index (χ0v) is 21.9. The molecule has 190 valence electrons. The minimum atomic E-state index is -4.04. The van der Waals surface area contributed by atoms with Crippen molar-refractivity contribution in [1.29, 1.82) is 0 Å². The molecule has 3 aromatic rings. The van der Waals surface area contributed by atoms with Crippen LogP contribution < -0.4 is 0 Å². The Balaban J connectivity index is 0.000000308. The number of aromatic nitrogens is 4. The molecule has 5 nitrogen and oxygen atoms in total. The average molecular weight is 552 g/mol. The molecule has 5 rings (SSSR count). The van der Waals surface area contributed by atoms with Crippen LogP contribution in [-0.2, 0) is 6.42 Å². The molecular formula is C26H33BrF3N5. The Morgan fingerprint density at radius 1 is 1.11 bits per heavy atom. The van der Waals surface area contributed by atoms with Gasteiger partial charge in [-0.1, -0.05) is 13.0 Å². The first kappa shape index (κ1) is 26.1. The molecule has 2 aliphatic rings. The van der Waals surface area contributed by atoms with E-state index in [1.54, 1.807) is 12.4 Å². The highest BCUT2D eigenvalue weighted by atomic mass is 79.9. The second-order valence-corrected chi connectivity index (χ2v) is 10.5. The van der Waals surface area contributed by atoms with E-state index in [9.17, 15) is 13.2 Å². The minimum Gasteiger partial charge on any atom is -0.300 e. The van der Waals surface area contributed by atoms with Gasteiger partial charge in [0.2, 0.25) is 0 Å². The van der Waals surface area contributed by atoms with Crippen molar-refractivity contribution in [1.82, 2.24) is 24.5 Å². The zero-order valence-electron chi connectivity index (χ0n) is 20.3. The first-order valence-electron chi connectivity index (χ1n) is 12.5. The van der Waals surface area contributed by atoms with Gasteiger partial charge in [0.1, 0.15) is 0 Å². The van der Waals surface area contributed by atoms with E-state index in [0.717, 1.165) is 53.9 Å². The third-order valence-electron chi connectivity index (χ3n) is 7.30. The molecule has 1 unspecified atom stereocenters. The molecule has 0 amide bonds. The van der Waals surface area contributed by atoms with Crippen molar-refractivity contribution in [2.45, 2.75) is 76.9 Å². The summed E-state index contributed by atoms with van der Waals surface area (Å²) in [6.45, 7) is 6.01. The summed E-state index contributed by atoms with van der Waals surface area (Å²) >= 11 is 3.51. The largest absolute Gasteiger partial charge is 0.391 e. The monoisotopic (exact) mass is 551 g/mol. The molecule has 35 heavy (non-hydrogen) atoms. The number of alkyl halides is 3. The lowest BCUT2D eigenvalue weighted by molar-refractivity contribution is -0.184. The van der Waals surface area contributed by atoms with Crippen molar-refractivity contribution < 1.29 is 13.2 Å². The van der Waals surface area contributed by atoms with Crippen molar-refractivity contribution in [2.75, 3.05) is 13.1 Å². The van der Waals surface area contributed by atoms with Crippen LogP contribution in [0.3, 0.4) is 0 Å². The fourth-order valence-electron chi connectivity index (χ4n) is 5.27. The number of likely N-dealkylation sites (tertiary alicyclic amines) is 1. The molecule has 1 saturated heterocycles. The number of halogens is 4. The summed E-state index contributed by atoms with van der Waals surface area (Å²) in [6.07, 6.45) is 6.44. The number of piperidine rings is 1. The number of fused-ring (bicyclic) bond motifs is 1. The Labute approximate surface area is 213 Å². The van der Waals surface area contributed by atoms with E-state index in [2.05, 4.69) is 50.0 Å². The molecule has 9 heteroatoms. The third kappa shape index (κ3) is 6.42. The molecule has 4 heterocycles. The Bertz CT molecular complexity index is 1090. The van der Waals surface area contributed by atoms with E-state index in [4.69, 9.17) is 4.98 Å². The molecule has 1 atom stereocenters. The van der Waals surface area contributed by atoms with E-state index in [0.29, 0.717) is 18.8 Å². The summed E-state index contributed by atoms with van der Waals surface area (Å²) in [6, 6.07) is 6.41. The van der Waals surface area contributed by atoms with Crippen LogP contribution in [-0.4, -0.2) is 49.8 Å². The van der Waals surface area contributed by atoms with E-state index in [1.807, 2.05) is 23.7 Å². The topological polar surface area (TPSA) is 46.3 Å². The number of nitrogens with zero attached hydrogens (tertiary/aromatic N) is 5. The summed E-state index contributed by atoms with van der Waals surface area (Å²) in [5.41, 5.74) is 4.23. The van der Waals surface area contributed by atoms with Crippen LogP contribution in [0.1, 0.15) is 68.3 Å². The Morgan fingerprint density at radius 3 is 2.51 bits per heavy atom. The first-order valence-corrected chi connectivity index (χ1v) is 13.3. The molecular weight excluding hydrogens is 519 g/mol. The highest BCUT2D eigenvalue weighted by Crippen LogP contribution is 2.40. The van der Waals surface area contributed by atoms with E-state index in [1.165, 1.54) is 5.56 Å². The van der Waals surface area contributed by atoms with Crippen LogP contribution in [0.2, 0.25) is 0 Å². The number of hydrogen-bond acceptors (Lipinski definition) is 4. The second-order valence-electron chi connectivity index (χ2n) is 9.65. The van der Waals surface area contributed by atoms with Crippen LogP contribution in [0.4, 0.5) is 13.2 Å². The van der Waals surface area contributed by atoms with Gasteiger partial charge < -0.3 is 0 Å². The highest BCUT2D eigenvalue weighted by molar-refractivity contribution is 9.10. The van der Waals surface area contributed by atoms with Crippen molar-refractivity contribution >= 4 is 21.6 Å². The lowest BCUT2D eigenvalue weighted by atomic mass is 9.83. The van der Waals surface area contributed by atoms with Crippen molar-refractivity contribution in [3.05, 3.63) is 58.2 Å². The summed E-state index contributed by atoms with van der Waals surface area (Å²) in [7, 11) is 0. The van der Waals surface area contributed by atoms with Gasteiger partial charge in [-0.05, 0) is 92.0 Å². The third-order valence-corrected chi connectivity index (χ3v) is 7.86. The molecule has 1 aliphatic heterocycles. The van der Waals surface area contributed by atoms with E-state index in [-0.39, 0.29) is 18.9 Å². The van der Waals surface area contributed by atoms with Crippen molar-refractivity contribution in [3.8, 4) is 0 Å². The molecule has 0 N–H and O–H groups in total. The summed E-state index contributed by atoms with van der Waals surface area (Å²) in [5.74, 6) is -0.787. The number of aryl methyl sites for hydroxylation is 2. The predicted molar refractivity (Wildman–Crippen MR) is 134 cm³/mol. The minimum absolute atomic E-state index is 0.265. The maximum atomic E-state index is 12.9. The Morgan fingerprint density at radius 2 is 1.89 bits per heavy atom. The van der Waals surface area contributed by atoms with Crippen molar-refractivity contribution in [2.24, 2.45) is 5.92 Å². The van der Waals surface area contributed by atoms with Crippen LogP contribution in [0.15, 0.2) is 41.3 Å². The van der Waals surface area contributed by atoms with Gasteiger partial charge in [-0.25, -0.2) is 9.50 Å². The molecule has 0 aromatic carbocycles. The molecule has 2 fully saturated rings. The van der Waals surface area contributed by atoms with Crippen LogP contribution in [0.25, 0.3) is 5.65 Å². The van der Waals surface area contributed by atoms with Gasteiger partial charge in [0, 0.05) is 42.3 Å². The van der Waals surface area contributed by atoms with Gasteiger partial charge in [0.05, 0.1) is 16.6 Å². The van der Waals surface area contributed by atoms with Gasteiger partial charge >= 0.3 is 6.18 Å². The van der Waals surface area contributed by atoms with Gasteiger partial charge in [0.15, 0.2) is 5.65 Å². The second kappa shape index (κ2) is 11.4. The van der Waals surface area contributed by atoms with Crippen molar-refractivity contribution in [3.63, 3.8) is 0 Å². The fourth-order valence-corrected chi connectivity index (χ4v) is 5.62. The molecule has 0 radical (unpaired) electrons. The first-order chi connectivity index (χ1) is 16.8. The smallest absolute Gasteiger partial charge is 0.300 e. The summed E-state index contributed by atoms with van der Waals surface area (Å²) in [5, 5.41) is 4.32. The van der Waals surface area contributed by atoms with Crippen LogP contribution in [0.5, 0.6) is 0 Å². The highest BCUT2D eigenvalue weighted by Gasteiger charge is 2.42. The quantitative estimate of drug-likeness (QED) is 0.361. The molecule has 1 saturated carbocycles. The number of hydrogen-bond donors (Lipinski definition) is 0. The predicted octanol–water partition coefficient (Wildman–Crippen LogP) is 6.74. The molecule has 1 aliphatic carbocycles. The molecule has 0 bridgehead atoms. The van der Waals surface area contributed by atoms with E-state index >= 15 is 0 Å². The molecule has 3 aromatic heterocycles. The maximum absolute atomic E-state index is 12.9. The Kier molecular flexibility index (Phi) is 8.47.